The predicted octanol–water partition coefficient (Wildman–Crippen LogP) is 1.48. The fourth-order valence-electron chi connectivity index (χ4n) is 1.58. The van der Waals surface area contributed by atoms with Crippen molar-refractivity contribution in [1.82, 2.24) is 4.57 Å². The lowest BCUT2D eigenvalue weighted by atomic mass is 10.2. The molecular weight excluding hydrogens is 194 g/mol. The number of hydrogen-bond donors (Lipinski definition) is 0. The molecule has 0 saturated heterocycles. The van der Waals surface area contributed by atoms with Crippen LogP contribution in [0, 0.1) is 13.8 Å². The quantitative estimate of drug-likeness (QED) is 0.708. The highest BCUT2D eigenvalue weighted by molar-refractivity contribution is 5.91. The van der Waals surface area contributed by atoms with Gasteiger partial charge in [0.05, 0.1) is 19.2 Å². The number of aryl methyl sites for hydroxylation is 1. The molecule has 0 aromatic carbocycles. The molecule has 82 valence electrons. The summed E-state index contributed by atoms with van der Waals surface area (Å²) in [5, 5.41) is 0. The number of rotatable bonds is 3. The molecule has 4 heteroatoms. The van der Waals surface area contributed by atoms with Crippen LogP contribution in [0.1, 0.15) is 28.7 Å². The number of esters is 1. The Hall–Kier alpha value is -1.58. The summed E-state index contributed by atoms with van der Waals surface area (Å²) in [7, 11) is 1.35. The zero-order valence-electron chi connectivity index (χ0n) is 9.46. The topological polar surface area (TPSA) is 48.3 Å². The van der Waals surface area contributed by atoms with Crippen LogP contribution in [-0.2, 0) is 16.1 Å². The minimum absolute atomic E-state index is 0.0632. The molecule has 0 bridgehead atoms. The van der Waals surface area contributed by atoms with Crippen molar-refractivity contribution in [2.24, 2.45) is 0 Å². The second kappa shape index (κ2) is 4.29. The highest BCUT2D eigenvalue weighted by Crippen LogP contribution is 2.15. The van der Waals surface area contributed by atoms with E-state index in [1.807, 2.05) is 18.4 Å². The van der Waals surface area contributed by atoms with Crippen molar-refractivity contribution in [3.05, 3.63) is 23.0 Å². The highest BCUT2D eigenvalue weighted by Gasteiger charge is 2.16. The minimum atomic E-state index is -0.363. The predicted molar refractivity (Wildman–Crippen MR) is 55.9 cm³/mol. The van der Waals surface area contributed by atoms with Gasteiger partial charge < -0.3 is 9.30 Å². The Morgan fingerprint density at radius 2 is 2.00 bits per heavy atom. The van der Waals surface area contributed by atoms with Gasteiger partial charge in [-0.1, -0.05) is 0 Å². The summed E-state index contributed by atoms with van der Waals surface area (Å²) in [5.74, 6) is -0.300. The zero-order valence-corrected chi connectivity index (χ0v) is 9.46. The summed E-state index contributed by atoms with van der Waals surface area (Å²) < 4.78 is 6.47. The number of Topliss-reactive ketones (excluding diaryl/α,β-unsaturated/α-hetero) is 1. The molecular formula is C11H15NO3. The second-order valence-corrected chi connectivity index (χ2v) is 3.56. The smallest absolute Gasteiger partial charge is 0.339 e. The molecule has 0 radical (unpaired) electrons. The van der Waals surface area contributed by atoms with Gasteiger partial charge in [0.1, 0.15) is 5.78 Å². The van der Waals surface area contributed by atoms with Crippen molar-refractivity contribution in [1.29, 1.82) is 0 Å². The number of nitrogens with zero attached hydrogens (tertiary/aromatic N) is 1. The number of ether oxygens (including phenoxy) is 1. The molecule has 0 unspecified atom stereocenters. The minimum Gasteiger partial charge on any atom is -0.465 e. The average Bonchev–Trinajstić information content (AvgIpc) is 2.44. The molecule has 0 amide bonds. The Morgan fingerprint density at radius 3 is 2.47 bits per heavy atom. The van der Waals surface area contributed by atoms with Crippen LogP contribution >= 0.6 is 0 Å². The first-order valence-corrected chi connectivity index (χ1v) is 4.71. The van der Waals surface area contributed by atoms with Crippen molar-refractivity contribution >= 4 is 11.8 Å². The van der Waals surface area contributed by atoms with Crippen LogP contribution in [-0.4, -0.2) is 23.4 Å². The lowest BCUT2D eigenvalue weighted by Crippen LogP contribution is -2.10. The first-order chi connectivity index (χ1) is 6.97. The molecule has 15 heavy (non-hydrogen) atoms. The molecule has 4 nitrogen and oxygen atoms in total. The molecule has 1 heterocycles. The van der Waals surface area contributed by atoms with Crippen LogP contribution in [0.5, 0.6) is 0 Å². The monoisotopic (exact) mass is 209 g/mol. The van der Waals surface area contributed by atoms with E-state index in [9.17, 15) is 9.59 Å². The average molecular weight is 209 g/mol. The van der Waals surface area contributed by atoms with Crippen LogP contribution < -0.4 is 0 Å². The van der Waals surface area contributed by atoms with Crippen molar-refractivity contribution in [2.75, 3.05) is 7.11 Å². The Kier molecular flexibility index (Phi) is 3.29. The number of aromatic nitrogens is 1. The van der Waals surface area contributed by atoms with Gasteiger partial charge in [0, 0.05) is 11.4 Å². The van der Waals surface area contributed by atoms with Gasteiger partial charge in [-0.15, -0.1) is 0 Å². The normalized spacial score (nSPS) is 10.1. The molecule has 0 fully saturated rings. The van der Waals surface area contributed by atoms with Crippen LogP contribution in [0.25, 0.3) is 0 Å². The molecule has 0 saturated carbocycles. The lowest BCUT2D eigenvalue weighted by Gasteiger charge is -2.06. The van der Waals surface area contributed by atoms with E-state index >= 15 is 0 Å². The maximum atomic E-state index is 11.4. The number of ketones is 1. The van der Waals surface area contributed by atoms with Gasteiger partial charge in [-0.25, -0.2) is 4.79 Å². The van der Waals surface area contributed by atoms with Gasteiger partial charge in [-0.2, -0.15) is 0 Å². The SMILES string of the molecule is COC(=O)c1cc(C)n(CC(C)=O)c1C. The maximum Gasteiger partial charge on any atom is 0.339 e. The Balaban J connectivity index is 3.14. The summed E-state index contributed by atoms with van der Waals surface area (Å²) in [6.45, 7) is 5.50. The van der Waals surface area contributed by atoms with E-state index in [-0.39, 0.29) is 11.8 Å². The van der Waals surface area contributed by atoms with Gasteiger partial charge in [0.25, 0.3) is 0 Å². The molecule has 0 aliphatic rings. The zero-order chi connectivity index (χ0) is 11.6. The van der Waals surface area contributed by atoms with Crippen LogP contribution in [0.4, 0.5) is 0 Å². The first kappa shape index (κ1) is 11.5. The first-order valence-electron chi connectivity index (χ1n) is 4.71. The molecule has 1 aromatic heterocycles. The van der Waals surface area contributed by atoms with E-state index in [1.54, 1.807) is 6.07 Å². The maximum absolute atomic E-state index is 11.4. The molecule has 0 aliphatic heterocycles. The number of carbonyl (C=O) groups excluding carboxylic acids is 2. The van der Waals surface area contributed by atoms with E-state index in [4.69, 9.17) is 0 Å². The molecule has 0 N–H and O–H groups in total. The van der Waals surface area contributed by atoms with Crippen molar-refractivity contribution in [3.8, 4) is 0 Å². The fraction of sp³-hybridized carbons (Fsp3) is 0.455. The van der Waals surface area contributed by atoms with Crippen LogP contribution in [0.15, 0.2) is 6.07 Å². The molecule has 0 spiro atoms. The van der Waals surface area contributed by atoms with E-state index in [2.05, 4.69) is 4.74 Å². The third-order valence-corrected chi connectivity index (χ3v) is 2.36. The molecule has 0 aliphatic carbocycles. The Labute approximate surface area is 88.8 Å². The standard InChI is InChI=1S/C11H15NO3/c1-7-5-10(11(14)15-4)9(3)12(7)6-8(2)13/h5H,6H2,1-4H3. The summed E-state index contributed by atoms with van der Waals surface area (Å²) in [6.07, 6.45) is 0. The van der Waals surface area contributed by atoms with E-state index < -0.39 is 0 Å². The van der Waals surface area contributed by atoms with Gasteiger partial charge in [0.15, 0.2) is 0 Å². The summed E-state index contributed by atoms with van der Waals surface area (Å²) in [5.41, 5.74) is 2.19. The third kappa shape index (κ3) is 2.26. The number of carbonyl (C=O) groups is 2. The summed E-state index contributed by atoms with van der Waals surface area (Å²) >= 11 is 0. The Bertz CT molecular complexity index is 404. The molecule has 1 aromatic rings. The Morgan fingerprint density at radius 1 is 1.40 bits per heavy atom. The van der Waals surface area contributed by atoms with Crippen LogP contribution in [0.3, 0.4) is 0 Å². The van der Waals surface area contributed by atoms with Gasteiger partial charge >= 0.3 is 5.97 Å². The van der Waals surface area contributed by atoms with Gasteiger partial charge in [-0.3, -0.25) is 4.79 Å². The lowest BCUT2D eigenvalue weighted by molar-refractivity contribution is -0.117. The van der Waals surface area contributed by atoms with Gasteiger partial charge in [0.2, 0.25) is 0 Å². The number of methoxy groups -OCH3 is 1. The molecule has 1 rings (SSSR count). The second-order valence-electron chi connectivity index (χ2n) is 3.56. The van der Waals surface area contributed by atoms with Crippen molar-refractivity contribution < 1.29 is 14.3 Å². The van der Waals surface area contributed by atoms with E-state index in [1.165, 1.54) is 14.0 Å². The fourth-order valence-corrected chi connectivity index (χ4v) is 1.58. The van der Waals surface area contributed by atoms with Gasteiger partial charge in [-0.05, 0) is 26.8 Å². The van der Waals surface area contributed by atoms with Crippen LogP contribution in [0.2, 0.25) is 0 Å². The van der Waals surface area contributed by atoms with Crippen molar-refractivity contribution in [2.45, 2.75) is 27.3 Å². The molecule has 0 atom stereocenters. The highest BCUT2D eigenvalue weighted by atomic mass is 16.5. The van der Waals surface area contributed by atoms with E-state index in [0.717, 1.165) is 11.4 Å². The summed E-state index contributed by atoms with van der Waals surface area (Å²) in [4.78, 5) is 22.4. The van der Waals surface area contributed by atoms with Crippen molar-refractivity contribution in [3.63, 3.8) is 0 Å². The third-order valence-electron chi connectivity index (χ3n) is 2.36. The summed E-state index contributed by atoms with van der Waals surface area (Å²) in [6, 6.07) is 1.74. The largest absolute Gasteiger partial charge is 0.465 e. The number of hydrogen-bond acceptors (Lipinski definition) is 3. The van der Waals surface area contributed by atoms with E-state index in [0.29, 0.717) is 12.1 Å².